The van der Waals surface area contributed by atoms with Crippen LogP contribution >= 0.6 is 7.92 Å². The van der Waals surface area contributed by atoms with Crippen molar-refractivity contribution < 1.29 is 9.47 Å². The van der Waals surface area contributed by atoms with E-state index in [0.717, 1.165) is 29.8 Å². The zero-order valence-corrected chi connectivity index (χ0v) is 23.5. The lowest BCUT2D eigenvalue weighted by Crippen LogP contribution is -2.32. The summed E-state index contributed by atoms with van der Waals surface area (Å²) < 4.78 is 13.4. The molecule has 194 valence electrons. The van der Waals surface area contributed by atoms with Crippen LogP contribution in [0.4, 0.5) is 0 Å². The highest BCUT2D eigenvalue weighted by atomic mass is 31.1. The summed E-state index contributed by atoms with van der Waals surface area (Å²) in [6.45, 7) is 9.29. The summed E-state index contributed by atoms with van der Waals surface area (Å²) in [5, 5.41) is 0. The Balaban J connectivity index is 1.14. The fourth-order valence-electron chi connectivity index (χ4n) is 7.73. The molecule has 0 saturated heterocycles. The Kier molecular flexibility index (Phi) is 5.60. The zero-order valence-electron chi connectivity index (χ0n) is 22.6. The van der Waals surface area contributed by atoms with Crippen molar-refractivity contribution in [3.8, 4) is 0 Å². The van der Waals surface area contributed by atoms with Crippen LogP contribution in [0.5, 0.6) is 0 Å². The van der Waals surface area contributed by atoms with Crippen LogP contribution in [0.15, 0.2) is 58.5 Å². The maximum absolute atomic E-state index is 6.71. The summed E-state index contributed by atoms with van der Waals surface area (Å²) in [7, 11) is -0.347. The molecule has 2 aromatic rings. The monoisotopic (exact) mass is 514 g/mol. The molecule has 1 saturated carbocycles. The van der Waals surface area contributed by atoms with E-state index in [-0.39, 0.29) is 43.0 Å². The minimum absolute atomic E-state index is 0.00562. The van der Waals surface area contributed by atoms with Gasteiger partial charge in [-0.25, -0.2) is 9.98 Å². The SMILES string of the molecule is CC1(C)c2ccccc2[C@H]2OC(CP(CC3=N[C@@H]4c5ccccc5C(C)(C)[C@@H]4O3)C3CCCCC3)=N[C@H]21. The van der Waals surface area contributed by atoms with Crippen LogP contribution in [0.2, 0.25) is 0 Å². The summed E-state index contributed by atoms with van der Waals surface area (Å²) >= 11 is 0. The van der Waals surface area contributed by atoms with Crippen LogP contribution in [0.1, 0.15) is 94.2 Å². The highest BCUT2D eigenvalue weighted by Crippen LogP contribution is 2.55. The van der Waals surface area contributed by atoms with Crippen molar-refractivity contribution in [2.45, 2.75) is 101 Å². The van der Waals surface area contributed by atoms with E-state index in [1.807, 2.05) is 0 Å². The number of ether oxygens (including phenoxy) is 2. The lowest BCUT2D eigenvalue weighted by molar-refractivity contribution is 0.131. The maximum atomic E-state index is 6.71. The first-order chi connectivity index (χ1) is 17.8. The van der Waals surface area contributed by atoms with Crippen molar-refractivity contribution in [2.24, 2.45) is 9.98 Å². The molecule has 0 bridgehead atoms. The Morgan fingerprint density at radius 1 is 0.757 bits per heavy atom. The lowest BCUT2D eigenvalue weighted by atomic mass is 9.83. The average Bonchev–Trinajstić information content (AvgIpc) is 3.62. The third-order valence-corrected chi connectivity index (χ3v) is 12.7. The van der Waals surface area contributed by atoms with E-state index < -0.39 is 0 Å². The molecular weight excluding hydrogens is 475 g/mol. The summed E-state index contributed by atoms with van der Waals surface area (Å²) in [4.78, 5) is 10.5. The molecule has 1 unspecified atom stereocenters. The van der Waals surface area contributed by atoms with Gasteiger partial charge in [-0.2, -0.15) is 0 Å². The molecule has 2 aromatic carbocycles. The number of fused-ring (bicyclic) bond motifs is 6. The van der Waals surface area contributed by atoms with Crippen LogP contribution in [0.3, 0.4) is 0 Å². The number of hydrogen-bond donors (Lipinski definition) is 0. The zero-order chi connectivity index (χ0) is 25.4. The summed E-state index contributed by atoms with van der Waals surface area (Å²) in [5.41, 5.74) is 6.21. The average molecular weight is 515 g/mol. The number of nitrogens with zero attached hydrogens (tertiary/aromatic N) is 2. The highest BCUT2D eigenvalue weighted by Gasteiger charge is 2.53. The topological polar surface area (TPSA) is 43.2 Å². The van der Waals surface area contributed by atoms with Crippen LogP contribution < -0.4 is 0 Å². The third kappa shape index (κ3) is 3.73. The van der Waals surface area contributed by atoms with E-state index in [1.165, 1.54) is 54.4 Å². The standard InChI is InChI=1S/C32H39N2O2P/c1-31(2)24-17-11-9-15-22(24)28-29(31)34-26(35-28)19-37(20-12-6-5-7-13-20)18-25-33-27-21-14-8-10-16-23(21)32(3,4)30(27)36-25/h8-11,14-17,20,27-30H,5-7,12-13,18-19H2,1-4H3/t27-,28-,29-,30-,37?/m1/s1. The Morgan fingerprint density at radius 3 is 2.11 bits per heavy atom. The molecule has 5 heteroatoms. The second kappa shape index (κ2) is 8.67. The van der Waals surface area contributed by atoms with E-state index in [4.69, 9.17) is 19.5 Å². The van der Waals surface area contributed by atoms with Crippen LogP contribution in [-0.2, 0) is 20.3 Å². The molecular formula is C32H39N2O2P. The molecule has 2 heterocycles. The predicted molar refractivity (Wildman–Crippen MR) is 153 cm³/mol. The molecule has 1 fully saturated rings. The molecule has 7 rings (SSSR count). The van der Waals surface area contributed by atoms with E-state index in [9.17, 15) is 0 Å². The first kappa shape index (κ1) is 23.9. The van der Waals surface area contributed by atoms with Crippen LogP contribution in [0.25, 0.3) is 0 Å². The van der Waals surface area contributed by atoms with Gasteiger partial charge in [0.05, 0.1) is 0 Å². The molecule has 0 radical (unpaired) electrons. The van der Waals surface area contributed by atoms with Crippen molar-refractivity contribution in [3.63, 3.8) is 0 Å². The molecule has 5 atom stereocenters. The van der Waals surface area contributed by atoms with Gasteiger partial charge >= 0.3 is 0 Å². The minimum Gasteiger partial charge on any atom is -0.474 e. The smallest absolute Gasteiger partial charge is 0.188 e. The summed E-state index contributed by atoms with van der Waals surface area (Å²) in [6.07, 6.45) is 8.83. The van der Waals surface area contributed by atoms with Crippen molar-refractivity contribution >= 4 is 19.7 Å². The predicted octanol–water partition coefficient (Wildman–Crippen LogP) is 7.46. The fraction of sp³-hybridized carbons (Fsp3) is 0.562. The Hall–Kier alpha value is -2.19. The molecule has 4 nitrogen and oxygen atoms in total. The summed E-state index contributed by atoms with van der Waals surface area (Å²) in [6, 6.07) is 17.9. The Labute approximate surface area is 222 Å². The molecule has 3 aliphatic carbocycles. The van der Waals surface area contributed by atoms with Gasteiger partial charge in [-0.1, -0.05) is 103 Å². The van der Waals surface area contributed by atoms with Crippen molar-refractivity contribution in [1.82, 2.24) is 0 Å². The Morgan fingerprint density at radius 2 is 1.38 bits per heavy atom. The molecule has 0 amide bonds. The van der Waals surface area contributed by atoms with Gasteiger partial charge in [0.2, 0.25) is 0 Å². The van der Waals surface area contributed by atoms with Gasteiger partial charge in [-0.15, -0.1) is 0 Å². The second-order valence-electron chi connectivity index (χ2n) is 12.8. The number of hydrogen-bond acceptors (Lipinski definition) is 4. The molecule has 37 heavy (non-hydrogen) atoms. The second-order valence-corrected chi connectivity index (χ2v) is 15.4. The van der Waals surface area contributed by atoms with Crippen molar-refractivity contribution in [2.75, 3.05) is 12.3 Å². The Bertz CT molecular complexity index is 1280. The van der Waals surface area contributed by atoms with E-state index >= 15 is 0 Å². The lowest BCUT2D eigenvalue weighted by Gasteiger charge is -2.32. The van der Waals surface area contributed by atoms with Gasteiger partial charge < -0.3 is 9.47 Å². The van der Waals surface area contributed by atoms with Gasteiger partial charge in [-0.3, -0.25) is 0 Å². The van der Waals surface area contributed by atoms with E-state index in [1.54, 1.807) is 0 Å². The quantitative estimate of drug-likeness (QED) is 0.389. The van der Waals surface area contributed by atoms with Crippen LogP contribution in [-0.4, -0.2) is 41.9 Å². The normalized spacial score (nSPS) is 31.4. The van der Waals surface area contributed by atoms with Gasteiger partial charge in [0.1, 0.15) is 24.3 Å². The molecule has 0 spiro atoms. The van der Waals surface area contributed by atoms with Gasteiger partial charge in [-0.05, 0) is 40.8 Å². The van der Waals surface area contributed by atoms with Gasteiger partial charge in [0.15, 0.2) is 11.8 Å². The fourth-order valence-corrected chi connectivity index (χ4v) is 10.5. The van der Waals surface area contributed by atoms with E-state index in [2.05, 4.69) is 76.2 Å². The summed E-state index contributed by atoms with van der Waals surface area (Å²) in [5.74, 6) is 1.97. The van der Waals surface area contributed by atoms with Crippen molar-refractivity contribution in [3.05, 3.63) is 70.8 Å². The molecule has 5 aliphatic rings. The van der Waals surface area contributed by atoms with E-state index in [0.29, 0.717) is 0 Å². The minimum atomic E-state index is -0.347. The van der Waals surface area contributed by atoms with Crippen molar-refractivity contribution in [1.29, 1.82) is 0 Å². The third-order valence-electron chi connectivity index (χ3n) is 9.82. The molecule has 0 aromatic heterocycles. The number of rotatable bonds is 5. The van der Waals surface area contributed by atoms with Gasteiger partial charge in [0, 0.05) is 23.2 Å². The first-order valence-electron chi connectivity index (χ1n) is 14.2. The highest BCUT2D eigenvalue weighted by molar-refractivity contribution is 7.60. The maximum Gasteiger partial charge on any atom is 0.188 e. The number of aliphatic imine (C=N–C) groups is 2. The first-order valence-corrected chi connectivity index (χ1v) is 16.0. The molecule has 2 aliphatic heterocycles. The van der Waals surface area contributed by atoms with Crippen LogP contribution in [0, 0.1) is 0 Å². The van der Waals surface area contributed by atoms with Gasteiger partial charge in [0.25, 0.3) is 0 Å². The number of benzene rings is 2. The molecule has 0 N–H and O–H groups in total. The largest absolute Gasteiger partial charge is 0.474 e.